The molecule has 2 amide bonds. The van der Waals surface area contributed by atoms with Gasteiger partial charge in [-0.05, 0) is 43.0 Å². The number of aromatic nitrogens is 1. The lowest BCUT2D eigenvalue weighted by atomic mass is 10.1. The summed E-state index contributed by atoms with van der Waals surface area (Å²) in [7, 11) is 0. The van der Waals surface area contributed by atoms with Crippen LogP contribution in [-0.2, 0) is 11.3 Å². The van der Waals surface area contributed by atoms with E-state index in [4.69, 9.17) is 5.73 Å². The number of carbonyl (C=O) groups is 2. The fourth-order valence-electron chi connectivity index (χ4n) is 3.06. The second-order valence-corrected chi connectivity index (χ2v) is 6.35. The Kier molecular flexibility index (Phi) is 5.40. The Labute approximate surface area is 146 Å². The molecule has 1 aromatic heterocycles. The molecule has 2 aromatic rings. The van der Waals surface area contributed by atoms with Gasteiger partial charge in [0.2, 0.25) is 5.91 Å². The van der Waals surface area contributed by atoms with Gasteiger partial charge in [-0.25, -0.2) is 0 Å². The summed E-state index contributed by atoms with van der Waals surface area (Å²) in [5.41, 5.74) is 7.77. The SMILES string of the molecule is NC1CCC(C(=O)Nc2ccccc2C(=O)NCc2cccnc2)C1. The maximum absolute atomic E-state index is 12.5. The minimum Gasteiger partial charge on any atom is -0.348 e. The molecule has 6 nitrogen and oxygen atoms in total. The van der Waals surface area contributed by atoms with Gasteiger partial charge in [-0.15, -0.1) is 0 Å². The van der Waals surface area contributed by atoms with Crippen molar-refractivity contribution in [2.24, 2.45) is 11.7 Å². The average molecular weight is 338 g/mol. The van der Waals surface area contributed by atoms with E-state index >= 15 is 0 Å². The van der Waals surface area contributed by atoms with Crippen LogP contribution < -0.4 is 16.4 Å². The number of pyridine rings is 1. The lowest BCUT2D eigenvalue weighted by Crippen LogP contribution is -2.27. The molecular weight excluding hydrogens is 316 g/mol. The molecule has 4 N–H and O–H groups in total. The number of hydrogen-bond donors (Lipinski definition) is 3. The largest absolute Gasteiger partial charge is 0.348 e. The van der Waals surface area contributed by atoms with E-state index in [2.05, 4.69) is 15.6 Å². The lowest BCUT2D eigenvalue weighted by Gasteiger charge is -2.14. The zero-order valence-electron chi connectivity index (χ0n) is 13.9. The normalized spacial score (nSPS) is 19.4. The van der Waals surface area contributed by atoms with Gasteiger partial charge in [-0.1, -0.05) is 18.2 Å². The molecule has 1 aromatic carbocycles. The quantitative estimate of drug-likeness (QED) is 0.777. The van der Waals surface area contributed by atoms with Gasteiger partial charge in [-0.2, -0.15) is 0 Å². The van der Waals surface area contributed by atoms with E-state index < -0.39 is 0 Å². The number of rotatable bonds is 5. The fourth-order valence-corrected chi connectivity index (χ4v) is 3.06. The Hall–Kier alpha value is -2.73. The van der Waals surface area contributed by atoms with E-state index in [-0.39, 0.29) is 23.8 Å². The molecule has 0 bridgehead atoms. The van der Waals surface area contributed by atoms with Gasteiger partial charge in [0.15, 0.2) is 0 Å². The Morgan fingerprint density at radius 3 is 2.72 bits per heavy atom. The molecule has 130 valence electrons. The predicted molar refractivity (Wildman–Crippen MR) is 95.8 cm³/mol. The van der Waals surface area contributed by atoms with Crippen molar-refractivity contribution in [2.75, 3.05) is 5.32 Å². The van der Waals surface area contributed by atoms with Crippen LogP contribution in [-0.4, -0.2) is 22.8 Å². The first-order valence-corrected chi connectivity index (χ1v) is 8.46. The highest BCUT2D eigenvalue weighted by Crippen LogP contribution is 2.26. The topological polar surface area (TPSA) is 97.1 Å². The van der Waals surface area contributed by atoms with E-state index in [0.717, 1.165) is 18.4 Å². The molecule has 2 atom stereocenters. The first kappa shape index (κ1) is 17.1. The summed E-state index contributed by atoms with van der Waals surface area (Å²) in [5, 5.41) is 5.74. The van der Waals surface area contributed by atoms with Gasteiger partial charge in [0, 0.05) is 30.9 Å². The van der Waals surface area contributed by atoms with Gasteiger partial charge in [0.05, 0.1) is 11.3 Å². The van der Waals surface area contributed by atoms with Gasteiger partial charge < -0.3 is 16.4 Å². The summed E-state index contributed by atoms with van der Waals surface area (Å²) >= 11 is 0. The Bertz CT molecular complexity index is 748. The number of nitrogens with zero attached hydrogens (tertiary/aromatic N) is 1. The third-order valence-electron chi connectivity index (χ3n) is 4.45. The zero-order valence-corrected chi connectivity index (χ0v) is 13.9. The van der Waals surface area contributed by atoms with Gasteiger partial charge in [0.25, 0.3) is 5.91 Å². The van der Waals surface area contributed by atoms with Crippen LogP contribution >= 0.6 is 0 Å². The fraction of sp³-hybridized carbons (Fsp3) is 0.316. The van der Waals surface area contributed by atoms with E-state index in [1.165, 1.54) is 0 Å². The molecule has 1 fully saturated rings. The van der Waals surface area contributed by atoms with Crippen LogP contribution in [0.5, 0.6) is 0 Å². The van der Waals surface area contributed by atoms with Crippen molar-refractivity contribution in [1.82, 2.24) is 10.3 Å². The highest BCUT2D eigenvalue weighted by molar-refractivity contribution is 6.04. The van der Waals surface area contributed by atoms with Crippen molar-refractivity contribution in [3.63, 3.8) is 0 Å². The molecule has 0 saturated heterocycles. The summed E-state index contributed by atoms with van der Waals surface area (Å²) in [4.78, 5) is 28.9. The molecule has 6 heteroatoms. The summed E-state index contributed by atoms with van der Waals surface area (Å²) < 4.78 is 0. The van der Waals surface area contributed by atoms with Crippen LogP contribution in [0.4, 0.5) is 5.69 Å². The number of hydrogen-bond acceptors (Lipinski definition) is 4. The highest BCUT2D eigenvalue weighted by Gasteiger charge is 2.28. The standard InChI is InChI=1S/C19H22N4O2/c20-15-8-7-14(10-15)18(24)23-17-6-2-1-5-16(17)19(25)22-12-13-4-3-9-21-11-13/h1-6,9,11,14-15H,7-8,10,12,20H2,(H,22,25)(H,23,24). The minimum atomic E-state index is -0.233. The van der Waals surface area contributed by atoms with Gasteiger partial charge in [0.1, 0.15) is 0 Å². The van der Waals surface area contributed by atoms with Crippen LogP contribution in [0.2, 0.25) is 0 Å². The summed E-state index contributed by atoms with van der Waals surface area (Å²) in [6.07, 6.45) is 5.75. The van der Waals surface area contributed by atoms with Crippen LogP contribution in [0.25, 0.3) is 0 Å². The average Bonchev–Trinajstić information content (AvgIpc) is 3.07. The maximum atomic E-state index is 12.5. The predicted octanol–water partition coefficient (Wildman–Crippen LogP) is 2.08. The van der Waals surface area contributed by atoms with E-state index in [1.54, 1.807) is 36.7 Å². The van der Waals surface area contributed by atoms with Crippen molar-refractivity contribution in [1.29, 1.82) is 0 Å². The molecule has 1 saturated carbocycles. The second-order valence-electron chi connectivity index (χ2n) is 6.35. The number of benzene rings is 1. The van der Waals surface area contributed by atoms with E-state index in [1.807, 2.05) is 12.1 Å². The zero-order chi connectivity index (χ0) is 17.6. The third kappa shape index (κ3) is 4.42. The highest BCUT2D eigenvalue weighted by atomic mass is 16.2. The van der Waals surface area contributed by atoms with Crippen LogP contribution in [0.15, 0.2) is 48.8 Å². The van der Waals surface area contributed by atoms with Crippen molar-refractivity contribution in [2.45, 2.75) is 31.8 Å². The number of amides is 2. The number of nitrogens with one attached hydrogen (secondary N) is 2. The molecule has 3 rings (SSSR count). The molecule has 1 aliphatic rings. The van der Waals surface area contributed by atoms with E-state index in [0.29, 0.717) is 24.2 Å². The Morgan fingerprint density at radius 1 is 1.16 bits per heavy atom. The van der Waals surface area contributed by atoms with Crippen LogP contribution in [0, 0.1) is 5.92 Å². The monoisotopic (exact) mass is 338 g/mol. The van der Waals surface area contributed by atoms with Crippen molar-refractivity contribution in [3.8, 4) is 0 Å². The molecule has 1 aliphatic carbocycles. The van der Waals surface area contributed by atoms with E-state index in [9.17, 15) is 9.59 Å². The number of para-hydroxylation sites is 1. The molecule has 0 radical (unpaired) electrons. The molecule has 0 spiro atoms. The molecular formula is C19H22N4O2. The summed E-state index contributed by atoms with van der Waals surface area (Å²) in [6.45, 7) is 0.381. The molecule has 25 heavy (non-hydrogen) atoms. The smallest absolute Gasteiger partial charge is 0.253 e. The van der Waals surface area contributed by atoms with Crippen molar-refractivity contribution < 1.29 is 9.59 Å². The number of anilines is 1. The Balaban J connectivity index is 1.65. The maximum Gasteiger partial charge on any atom is 0.253 e. The van der Waals surface area contributed by atoms with Gasteiger partial charge >= 0.3 is 0 Å². The van der Waals surface area contributed by atoms with Crippen molar-refractivity contribution in [3.05, 3.63) is 59.9 Å². The molecule has 2 unspecified atom stereocenters. The number of carbonyl (C=O) groups excluding carboxylic acids is 2. The summed E-state index contributed by atoms with van der Waals surface area (Å²) in [5.74, 6) is -0.384. The number of nitrogens with two attached hydrogens (primary N) is 1. The second kappa shape index (κ2) is 7.90. The first-order valence-electron chi connectivity index (χ1n) is 8.46. The van der Waals surface area contributed by atoms with Gasteiger partial charge in [-0.3, -0.25) is 14.6 Å². The molecule has 0 aliphatic heterocycles. The van der Waals surface area contributed by atoms with Crippen molar-refractivity contribution >= 4 is 17.5 Å². The lowest BCUT2D eigenvalue weighted by molar-refractivity contribution is -0.119. The van der Waals surface area contributed by atoms with Crippen LogP contribution in [0.1, 0.15) is 35.2 Å². The minimum absolute atomic E-state index is 0.0690. The third-order valence-corrected chi connectivity index (χ3v) is 4.45. The van der Waals surface area contributed by atoms with Crippen LogP contribution in [0.3, 0.4) is 0 Å². The summed E-state index contributed by atoms with van der Waals surface area (Å²) in [6, 6.07) is 10.8. The molecule has 1 heterocycles. The Morgan fingerprint density at radius 2 is 2.00 bits per heavy atom. The first-order chi connectivity index (χ1) is 12.1.